The molecule has 1 N–H and O–H groups in total. The van der Waals surface area contributed by atoms with Gasteiger partial charge in [0.05, 0.1) is 15.7 Å². The first kappa shape index (κ1) is 21.4. The zero-order valence-corrected chi connectivity index (χ0v) is 17.8. The smallest absolute Gasteiger partial charge is 0.347 e. The molecule has 0 amide bonds. The van der Waals surface area contributed by atoms with Gasteiger partial charge in [0.25, 0.3) is 0 Å². The summed E-state index contributed by atoms with van der Waals surface area (Å²) in [5.74, 6) is 0.276. The molecule has 0 aliphatic heterocycles. The maximum atomic E-state index is 13.8. The Labute approximate surface area is 163 Å². The van der Waals surface area contributed by atoms with Crippen LogP contribution < -0.4 is 4.72 Å². The van der Waals surface area contributed by atoms with Crippen molar-refractivity contribution in [3.8, 4) is 0 Å². The molecule has 1 aromatic carbocycles. The van der Waals surface area contributed by atoms with Crippen LogP contribution in [0.15, 0.2) is 28.9 Å². The van der Waals surface area contributed by atoms with E-state index in [0.717, 1.165) is 9.99 Å². The van der Waals surface area contributed by atoms with Crippen molar-refractivity contribution in [1.82, 2.24) is 9.29 Å². The maximum Gasteiger partial charge on any atom is 0.408 e. The minimum absolute atomic E-state index is 0.0956. The normalized spacial score (nSPS) is 15.6. The Bertz CT molecular complexity index is 809. The number of nitrogens with zero attached hydrogens (tertiary/aromatic N) is 1. The Balaban J connectivity index is 2.61. The Kier molecular flexibility index (Phi) is 6.30. The molecular formula is C18H24BrF3N2OS. The van der Waals surface area contributed by atoms with Crippen LogP contribution in [-0.2, 0) is 17.5 Å². The second-order valence-corrected chi connectivity index (χ2v) is 10.7. The van der Waals surface area contributed by atoms with Gasteiger partial charge in [-0.25, -0.2) is 8.93 Å². The van der Waals surface area contributed by atoms with Gasteiger partial charge >= 0.3 is 6.18 Å². The van der Waals surface area contributed by atoms with Crippen molar-refractivity contribution in [3.63, 3.8) is 0 Å². The third kappa shape index (κ3) is 4.89. The second-order valence-electron chi connectivity index (χ2n) is 7.77. The van der Waals surface area contributed by atoms with Gasteiger partial charge in [0.15, 0.2) is 0 Å². The number of halogens is 4. The van der Waals surface area contributed by atoms with E-state index in [0.29, 0.717) is 11.9 Å². The summed E-state index contributed by atoms with van der Waals surface area (Å²) >= 11 is 3.39. The third-order valence-corrected chi connectivity index (χ3v) is 5.91. The molecule has 0 radical (unpaired) electrons. The van der Waals surface area contributed by atoms with Gasteiger partial charge in [0.1, 0.15) is 6.04 Å². The molecule has 0 saturated carbocycles. The lowest BCUT2D eigenvalue weighted by Crippen LogP contribution is -2.41. The van der Waals surface area contributed by atoms with Crippen LogP contribution in [0.2, 0.25) is 0 Å². The predicted octanol–water partition coefficient (Wildman–Crippen LogP) is 5.72. The summed E-state index contributed by atoms with van der Waals surface area (Å²) in [4.78, 5) is 0. The molecule has 0 unspecified atom stereocenters. The first-order valence-electron chi connectivity index (χ1n) is 8.33. The predicted molar refractivity (Wildman–Crippen MR) is 104 cm³/mol. The Morgan fingerprint density at radius 2 is 1.85 bits per heavy atom. The van der Waals surface area contributed by atoms with Gasteiger partial charge in [0, 0.05) is 33.7 Å². The summed E-state index contributed by atoms with van der Waals surface area (Å²) in [5, 5.41) is 0.509. The van der Waals surface area contributed by atoms with E-state index in [1.807, 2.05) is 24.5 Å². The van der Waals surface area contributed by atoms with Crippen molar-refractivity contribution in [1.29, 1.82) is 0 Å². The van der Waals surface area contributed by atoms with Gasteiger partial charge < -0.3 is 4.57 Å². The Morgan fingerprint density at radius 3 is 2.35 bits per heavy atom. The lowest BCUT2D eigenvalue weighted by Gasteiger charge is -2.25. The van der Waals surface area contributed by atoms with Crippen molar-refractivity contribution >= 4 is 37.8 Å². The molecule has 2 rings (SSSR count). The average molecular weight is 453 g/mol. The van der Waals surface area contributed by atoms with Crippen LogP contribution in [0.3, 0.4) is 0 Å². The fourth-order valence-corrected chi connectivity index (χ4v) is 3.84. The SMILES string of the molecule is CC(C)Cn1cc([C@H](N[S@@](=O)C(C)(C)C)C(F)(F)F)c2ccc(Br)cc21. The molecule has 146 valence electrons. The molecule has 0 fully saturated rings. The zero-order chi connectivity index (χ0) is 19.9. The fraction of sp³-hybridized carbons (Fsp3) is 0.556. The minimum atomic E-state index is -4.56. The molecule has 2 atom stereocenters. The van der Waals surface area contributed by atoms with Crippen LogP contribution >= 0.6 is 15.9 Å². The molecule has 26 heavy (non-hydrogen) atoms. The fourth-order valence-electron chi connectivity index (χ4n) is 2.66. The van der Waals surface area contributed by atoms with E-state index < -0.39 is 28.0 Å². The highest BCUT2D eigenvalue weighted by molar-refractivity contribution is 9.10. The van der Waals surface area contributed by atoms with Gasteiger partial charge in [-0.1, -0.05) is 35.8 Å². The number of nitrogens with one attached hydrogen (secondary N) is 1. The van der Waals surface area contributed by atoms with E-state index in [9.17, 15) is 17.4 Å². The number of aromatic nitrogens is 1. The van der Waals surface area contributed by atoms with Gasteiger partial charge in [-0.05, 0) is 38.8 Å². The summed E-state index contributed by atoms with van der Waals surface area (Å²) in [6.45, 7) is 9.54. The molecule has 0 bridgehead atoms. The van der Waals surface area contributed by atoms with Crippen LogP contribution in [0.5, 0.6) is 0 Å². The number of fused-ring (bicyclic) bond motifs is 1. The van der Waals surface area contributed by atoms with Gasteiger partial charge in [-0.3, -0.25) is 0 Å². The van der Waals surface area contributed by atoms with Gasteiger partial charge in [-0.2, -0.15) is 13.2 Å². The van der Waals surface area contributed by atoms with Crippen LogP contribution in [0.25, 0.3) is 10.9 Å². The lowest BCUT2D eigenvalue weighted by molar-refractivity contribution is -0.152. The molecule has 0 spiro atoms. The molecular weight excluding hydrogens is 429 g/mol. The van der Waals surface area contributed by atoms with Crippen molar-refractivity contribution in [3.05, 3.63) is 34.4 Å². The van der Waals surface area contributed by atoms with Crippen LogP contribution in [0, 0.1) is 5.92 Å². The summed E-state index contributed by atoms with van der Waals surface area (Å²) in [5.41, 5.74) is 0.818. The first-order chi connectivity index (χ1) is 11.8. The van der Waals surface area contributed by atoms with Crippen molar-refractivity contribution in [2.24, 2.45) is 5.92 Å². The van der Waals surface area contributed by atoms with Crippen molar-refractivity contribution < 1.29 is 17.4 Å². The highest BCUT2D eigenvalue weighted by Crippen LogP contribution is 2.39. The number of rotatable bonds is 5. The van der Waals surface area contributed by atoms with E-state index in [1.165, 1.54) is 6.20 Å². The van der Waals surface area contributed by atoms with E-state index in [2.05, 4.69) is 20.7 Å². The summed E-state index contributed by atoms with van der Waals surface area (Å²) in [6.07, 6.45) is -3.03. The summed E-state index contributed by atoms with van der Waals surface area (Å²) in [6, 6.07) is 3.21. The highest BCUT2D eigenvalue weighted by atomic mass is 79.9. The van der Waals surface area contributed by atoms with Gasteiger partial charge in [-0.15, -0.1) is 0 Å². The van der Waals surface area contributed by atoms with E-state index in [-0.39, 0.29) is 11.5 Å². The zero-order valence-electron chi connectivity index (χ0n) is 15.4. The third-order valence-electron chi connectivity index (χ3n) is 3.86. The molecule has 1 heterocycles. The lowest BCUT2D eigenvalue weighted by atomic mass is 10.1. The molecule has 8 heteroatoms. The van der Waals surface area contributed by atoms with Crippen LogP contribution in [-0.4, -0.2) is 19.7 Å². The summed E-state index contributed by atoms with van der Waals surface area (Å²) in [7, 11) is -1.85. The quantitative estimate of drug-likeness (QED) is 0.618. The second kappa shape index (κ2) is 7.64. The minimum Gasteiger partial charge on any atom is -0.347 e. The Hall–Kier alpha value is -0.860. The molecule has 3 nitrogen and oxygen atoms in total. The highest BCUT2D eigenvalue weighted by Gasteiger charge is 2.44. The van der Waals surface area contributed by atoms with Crippen molar-refractivity contribution in [2.75, 3.05) is 0 Å². The van der Waals surface area contributed by atoms with Crippen molar-refractivity contribution in [2.45, 2.75) is 58.1 Å². The standard InChI is InChI=1S/C18H24BrF3N2OS/c1-11(2)9-24-10-14(13-7-6-12(19)8-15(13)24)16(18(20,21)22)23-26(25)17(3,4)5/h6-8,10-11,16,23H,9H2,1-5H3/t16-,26-/m0/s1. The van der Waals surface area contributed by atoms with E-state index >= 15 is 0 Å². The maximum absolute atomic E-state index is 13.8. The topological polar surface area (TPSA) is 34.0 Å². The van der Waals surface area contributed by atoms with E-state index in [1.54, 1.807) is 32.9 Å². The number of hydrogen-bond acceptors (Lipinski definition) is 1. The molecule has 0 aliphatic rings. The van der Waals surface area contributed by atoms with Crippen LogP contribution in [0.1, 0.15) is 46.2 Å². The Morgan fingerprint density at radius 1 is 1.23 bits per heavy atom. The average Bonchev–Trinajstić information content (AvgIpc) is 2.79. The largest absolute Gasteiger partial charge is 0.408 e. The van der Waals surface area contributed by atoms with Gasteiger partial charge in [0.2, 0.25) is 0 Å². The first-order valence-corrected chi connectivity index (χ1v) is 10.3. The molecule has 0 aliphatic carbocycles. The number of hydrogen-bond donors (Lipinski definition) is 1. The monoisotopic (exact) mass is 452 g/mol. The molecule has 2 aromatic rings. The van der Waals surface area contributed by atoms with Crippen LogP contribution in [0.4, 0.5) is 13.2 Å². The van der Waals surface area contributed by atoms with E-state index in [4.69, 9.17) is 0 Å². The molecule has 0 saturated heterocycles. The number of benzene rings is 1. The number of alkyl halides is 3. The molecule has 1 aromatic heterocycles. The summed E-state index contributed by atoms with van der Waals surface area (Å²) < 4.78 is 57.9.